The van der Waals surface area contributed by atoms with Crippen molar-refractivity contribution in [3.8, 4) is 0 Å². The van der Waals surface area contributed by atoms with Crippen LogP contribution in [-0.4, -0.2) is 0 Å². The van der Waals surface area contributed by atoms with Crippen LogP contribution in [0.25, 0.3) is 22.6 Å². The van der Waals surface area contributed by atoms with Gasteiger partial charge in [-0.2, -0.15) is 0 Å². The molecule has 0 aromatic heterocycles. The Bertz CT molecular complexity index is 903. The van der Waals surface area contributed by atoms with Crippen LogP contribution in [0.15, 0.2) is 57.1 Å². The predicted octanol–water partition coefficient (Wildman–Crippen LogP) is 5.97. The monoisotopic (exact) mass is 349 g/mol. The number of halogens is 1. The Hall–Kier alpha value is -2.29. The molecule has 0 radical (unpaired) electrons. The Kier molecular flexibility index (Phi) is 3.14. The minimum absolute atomic E-state index is 0.684. The van der Waals surface area contributed by atoms with E-state index in [0.717, 1.165) is 17.3 Å². The lowest BCUT2D eigenvalue weighted by Gasteiger charge is -2.03. The highest BCUT2D eigenvalue weighted by molar-refractivity contribution is 9.10. The zero-order valence-electron chi connectivity index (χ0n) is 11.8. The van der Waals surface area contributed by atoms with Gasteiger partial charge >= 0.3 is 0 Å². The molecular weight excluding hydrogens is 338 g/mol. The zero-order valence-corrected chi connectivity index (χ0v) is 13.3. The minimum Gasteiger partial charge on any atom is -0.0608 e. The van der Waals surface area contributed by atoms with Crippen molar-refractivity contribution < 1.29 is 0 Å². The third-order valence-corrected chi connectivity index (χ3v) is 4.72. The first kappa shape index (κ1) is 13.4. The summed E-state index contributed by atoms with van der Waals surface area (Å²) < 4.78 is 1.13. The molecule has 0 bridgehead atoms. The van der Waals surface area contributed by atoms with Crippen molar-refractivity contribution in [2.75, 3.05) is 0 Å². The van der Waals surface area contributed by atoms with Gasteiger partial charge in [-0.05, 0) is 70.0 Å². The van der Waals surface area contributed by atoms with Gasteiger partial charge in [0.05, 0.1) is 0 Å². The number of benzene rings is 2. The summed E-state index contributed by atoms with van der Waals surface area (Å²) in [6.45, 7) is 0. The molecule has 0 heterocycles. The van der Waals surface area contributed by atoms with E-state index in [2.05, 4.69) is 56.3 Å². The molecule has 2 aromatic carbocycles. The number of nitrogens with zero attached hydrogens (tertiary/aromatic N) is 3. The van der Waals surface area contributed by atoms with Gasteiger partial charge in [0.2, 0.25) is 0 Å². The summed E-state index contributed by atoms with van der Waals surface area (Å²) in [5.74, 6) is 0. The van der Waals surface area contributed by atoms with E-state index in [4.69, 9.17) is 5.53 Å². The highest BCUT2D eigenvalue weighted by Gasteiger charge is 2.20. The highest BCUT2D eigenvalue weighted by Crippen LogP contribution is 2.37. The van der Waals surface area contributed by atoms with Gasteiger partial charge in [-0.1, -0.05) is 51.4 Å². The van der Waals surface area contributed by atoms with Crippen LogP contribution in [0.5, 0.6) is 0 Å². The molecule has 4 heteroatoms. The molecule has 0 fully saturated rings. The van der Waals surface area contributed by atoms with Gasteiger partial charge in [-0.15, -0.1) is 0 Å². The number of hydrogen-bond donors (Lipinski definition) is 0. The maximum Gasteiger partial charge on any atom is 0.0378 e. The Morgan fingerprint density at radius 3 is 2.23 bits per heavy atom. The van der Waals surface area contributed by atoms with Gasteiger partial charge in [0.1, 0.15) is 0 Å². The molecule has 106 valence electrons. The summed E-state index contributed by atoms with van der Waals surface area (Å²) in [6, 6.07) is 12.3. The van der Waals surface area contributed by atoms with Crippen molar-refractivity contribution in [1.82, 2.24) is 0 Å². The molecular formula is C18H12BrN3. The molecule has 0 spiro atoms. The normalized spacial score (nSPS) is 14.8. The number of rotatable bonds is 2. The van der Waals surface area contributed by atoms with E-state index in [1.54, 1.807) is 0 Å². The lowest BCUT2D eigenvalue weighted by Crippen LogP contribution is -1.90. The Balaban J connectivity index is 1.63. The Labute approximate surface area is 136 Å². The quantitative estimate of drug-likeness (QED) is 0.364. The fourth-order valence-corrected chi connectivity index (χ4v) is 3.58. The van der Waals surface area contributed by atoms with E-state index in [-0.39, 0.29) is 0 Å². The molecule has 0 unspecified atom stereocenters. The summed E-state index contributed by atoms with van der Waals surface area (Å²) >= 11 is 3.54. The molecule has 0 saturated heterocycles. The molecule has 0 N–H and O–H groups in total. The molecule has 0 saturated carbocycles. The second kappa shape index (κ2) is 5.16. The topological polar surface area (TPSA) is 48.8 Å². The minimum atomic E-state index is 0.684. The molecule has 2 aliphatic rings. The SMILES string of the molecule is [N-]=[N+]=Nc1ccc2c(c1)CC(C1=Cc3ccc(Br)cc3C1)=C2. The van der Waals surface area contributed by atoms with Gasteiger partial charge in [-0.25, -0.2) is 0 Å². The van der Waals surface area contributed by atoms with Crippen molar-refractivity contribution >= 4 is 33.8 Å². The summed E-state index contributed by atoms with van der Waals surface area (Å²) in [4.78, 5) is 2.86. The molecule has 0 amide bonds. The van der Waals surface area contributed by atoms with Gasteiger partial charge in [0.25, 0.3) is 0 Å². The highest BCUT2D eigenvalue weighted by atomic mass is 79.9. The number of azide groups is 1. The number of allylic oxidation sites excluding steroid dienone is 2. The van der Waals surface area contributed by atoms with Crippen LogP contribution in [0.1, 0.15) is 22.3 Å². The first-order chi connectivity index (χ1) is 10.7. The Morgan fingerprint density at radius 2 is 1.55 bits per heavy atom. The van der Waals surface area contributed by atoms with E-state index in [0.29, 0.717) is 5.69 Å². The second-order valence-electron chi connectivity index (χ2n) is 5.61. The van der Waals surface area contributed by atoms with E-state index in [1.165, 1.54) is 33.4 Å². The van der Waals surface area contributed by atoms with Crippen molar-refractivity contribution in [3.63, 3.8) is 0 Å². The first-order valence-corrected chi connectivity index (χ1v) is 7.90. The van der Waals surface area contributed by atoms with E-state index < -0.39 is 0 Å². The standard InChI is InChI=1S/C18H12BrN3/c19-17-3-1-11-5-13(7-15(11)9-17)14-6-12-2-4-18(21-22-20)10-16(12)8-14/h1-6,9-10H,7-8H2. The largest absolute Gasteiger partial charge is 0.0608 e. The molecule has 0 atom stereocenters. The van der Waals surface area contributed by atoms with Crippen molar-refractivity contribution in [2.24, 2.45) is 5.11 Å². The third kappa shape index (κ3) is 2.27. The number of hydrogen-bond acceptors (Lipinski definition) is 1. The van der Waals surface area contributed by atoms with Crippen molar-refractivity contribution in [1.29, 1.82) is 0 Å². The lowest BCUT2D eigenvalue weighted by molar-refractivity contribution is 1.13. The number of fused-ring (bicyclic) bond motifs is 2. The van der Waals surface area contributed by atoms with Crippen LogP contribution >= 0.6 is 15.9 Å². The van der Waals surface area contributed by atoms with Crippen molar-refractivity contribution in [3.05, 3.63) is 84.7 Å². The van der Waals surface area contributed by atoms with E-state index in [9.17, 15) is 0 Å². The van der Waals surface area contributed by atoms with E-state index in [1.807, 2.05) is 18.2 Å². The van der Waals surface area contributed by atoms with Crippen LogP contribution < -0.4 is 0 Å². The maximum absolute atomic E-state index is 8.55. The second-order valence-corrected chi connectivity index (χ2v) is 6.52. The molecule has 3 nitrogen and oxygen atoms in total. The van der Waals surface area contributed by atoms with Crippen LogP contribution in [0, 0.1) is 0 Å². The fourth-order valence-electron chi connectivity index (χ4n) is 3.17. The average Bonchev–Trinajstić information content (AvgIpc) is 3.09. The van der Waals surface area contributed by atoms with Crippen LogP contribution in [0.3, 0.4) is 0 Å². The molecule has 0 aliphatic heterocycles. The van der Waals surface area contributed by atoms with Gasteiger partial charge < -0.3 is 0 Å². The van der Waals surface area contributed by atoms with Crippen molar-refractivity contribution in [2.45, 2.75) is 12.8 Å². The molecule has 2 aromatic rings. The van der Waals surface area contributed by atoms with Crippen LogP contribution in [0.4, 0.5) is 5.69 Å². The summed E-state index contributed by atoms with van der Waals surface area (Å²) in [7, 11) is 0. The van der Waals surface area contributed by atoms with Crippen LogP contribution in [0.2, 0.25) is 0 Å². The maximum atomic E-state index is 8.55. The lowest BCUT2D eigenvalue weighted by atomic mass is 10.0. The summed E-state index contributed by atoms with van der Waals surface area (Å²) in [5, 5.41) is 3.69. The van der Waals surface area contributed by atoms with Gasteiger partial charge in [-0.3, -0.25) is 0 Å². The summed E-state index contributed by atoms with van der Waals surface area (Å²) in [6.07, 6.45) is 6.43. The third-order valence-electron chi connectivity index (χ3n) is 4.23. The average molecular weight is 350 g/mol. The Morgan fingerprint density at radius 1 is 0.909 bits per heavy atom. The zero-order chi connectivity index (χ0) is 15.1. The molecule has 22 heavy (non-hydrogen) atoms. The summed E-state index contributed by atoms with van der Waals surface area (Å²) in [5.41, 5.74) is 17.1. The molecule has 4 rings (SSSR count). The fraction of sp³-hybridized carbons (Fsp3) is 0.111. The smallest absolute Gasteiger partial charge is 0.0378 e. The van der Waals surface area contributed by atoms with Gasteiger partial charge in [0, 0.05) is 15.1 Å². The van der Waals surface area contributed by atoms with Gasteiger partial charge in [0.15, 0.2) is 0 Å². The predicted molar refractivity (Wildman–Crippen MR) is 92.8 cm³/mol. The van der Waals surface area contributed by atoms with Crippen LogP contribution in [-0.2, 0) is 12.8 Å². The van der Waals surface area contributed by atoms with E-state index >= 15 is 0 Å². The first-order valence-electron chi connectivity index (χ1n) is 7.11. The molecule has 2 aliphatic carbocycles.